The van der Waals surface area contributed by atoms with Crippen LogP contribution in [0.5, 0.6) is 0 Å². The number of aromatic nitrogens is 2. The van der Waals surface area contributed by atoms with Gasteiger partial charge >= 0.3 is 5.97 Å². The van der Waals surface area contributed by atoms with Crippen LogP contribution in [0.2, 0.25) is 0 Å². The summed E-state index contributed by atoms with van der Waals surface area (Å²) in [5, 5.41) is 8.38. The highest BCUT2D eigenvalue weighted by Crippen LogP contribution is 2.23. The smallest absolute Gasteiger partial charge is 0.358 e. The van der Waals surface area contributed by atoms with E-state index in [2.05, 4.69) is 10.3 Å². The Labute approximate surface area is 134 Å². The molecule has 1 aliphatic rings. The van der Waals surface area contributed by atoms with Gasteiger partial charge in [0.2, 0.25) is 0 Å². The van der Waals surface area contributed by atoms with Crippen LogP contribution in [-0.2, 0) is 16.1 Å². The molecule has 2 aromatic rings. The summed E-state index contributed by atoms with van der Waals surface area (Å²) in [6, 6.07) is 11.6. The summed E-state index contributed by atoms with van der Waals surface area (Å²) < 4.78 is 6.84. The van der Waals surface area contributed by atoms with Gasteiger partial charge in [-0.1, -0.05) is 35.5 Å². The van der Waals surface area contributed by atoms with E-state index in [9.17, 15) is 4.79 Å². The van der Waals surface area contributed by atoms with Crippen molar-refractivity contribution in [2.24, 2.45) is 5.16 Å². The zero-order chi connectivity index (χ0) is 16.2. The number of nitrogens with zero attached hydrogens (tertiary/aromatic N) is 3. The second-order valence-electron chi connectivity index (χ2n) is 5.44. The van der Waals surface area contributed by atoms with Crippen LogP contribution in [-0.4, -0.2) is 34.2 Å². The molecule has 0 spiro atoms. The maximum Gasteiger partial charge on any atom is 0.358 e. The number of benzene rings is 1. The molecular weight excluding hydrogens is 294 g/mol. The molecule has 23 heavy (non-hydrogen) atoms. The van der Waals surface area contributed by atoms with Gasteiger partial charge in [0.1, 0.15) is 0 Å². The van der Waals surface area contributed by atoms with Gasteiger partial charge in [-0.3, -0.25) is 4.68 Å². The van der Waals surface area contributed by atoms with Crippen LogP contribution >= 0.6 is 0 Å². The highest BCUT2D eigenvalue weighted by Gasteiger charge is 2.23. The third kappa shape index (κ3) is 3.41. The number of ether oxygens (including phenoxy) is 1. The van der Waals surface area contributed by atoms with E-state index in [1.54, 1.807) is 17.7 Å². The lowest BCUT2D eigenvalue weighted by molar-refractivity contribution is 0.0513. The Morgan fingerprint density at radius 1 is 1.39 bits per heavy atom. The Kier molecular flexibility index (Phi) is 4.41. The second kappa shape index (κ2) is 6.64. The predicted molar refractivity (Wildman–Crippen MR) is 86.2 cm³/mol. The Morgan fingerprint density at radius 3 is 2.83 bits per heavy atom. The highest BCUT2D eigenvalue weighted by molar-refractivity contribution is 5.88. The molecule has 120 valence electrons. The topological polar surface area (TPSA) is 65.7 Å². The van der Waals surface area contributed by atoms with Crippen LogP contribution in [0.4, 0.5) is 0 Å². The highest BCUT2D eigenvalue weighted by atomic mass is 16.6. The molecule has 1 unspecified atom stereocenters. The summed E-state index contributed by atoms with van der Waals surface area (Å²) in [4.78, 5) is 17.4. The van der Waals surface area contributed by atoms with Crippen LogP contribution in [0.25, 0.3) is 11.3 Å². The number of carbonyl (C=O) groups excluding carboxylic acids is 1. The van der Waals surface area contributed by atoms with Crippen LogP contribution in [0.1, 0.15) is 30.8 Å². The van der Waals surface area contributed by atoms with E-state index in [1.807, 2.05) is 37.3 Å². The van der Waals surface area contributed by atoms with Crippen molar-refractivity contribution >= 4 is 11.7 Å². The quantitative estimate of drug-likeness (QED) is 0.796. The molecule has 0 amide bonds. The van der Waals surface area contributed by atoms with Crippen molar-refractivity contribution in [3.63, 3.8) is 0 Å². The van der Waals surface area contributed by atoms with Crippen LogP contribution in [0.3, 0.4) is 0 Å². The van der Waals surface area contributed by atoms with Gasteiger partial charge in [-0.15, -0.1) is 0 Å². The summed E-state index contributed by atoms with van der Waals surface area (Å²) in [6.45, 7) is 4.57. The second-order valence-corrected chi connectivity index (χ2v) is 5.44. The average Bonchev–Trinajstić information content (AvgIpc) is 3.15. The Morgan fingerprint density at radius 2 is 2.17 bits per heavy atom. The summed E-state index contributed by atoms with van der Waals surface area (Å²) in [5.74, 6) is -0.414. The molecule has 6 nitrogen and oxygen atoms in total. The van der Waals surface area contributed by atoms with Crippen LogP contribution < -0.4 is 0 Å². The Hall–Kier alpha value is -2.63. The van der Waals surface area contributed by atoms with Crippen LogP contribution in [0, 0.1) is 0 Å². The molecule has 3 rings (SSSR count). The maximum atomic E-state index is 12.0. The van der Waals surface area contributed by atoms with E-state index < -0.39 is 5.97 Å². The first-order chi connectivity index (χ1) is 11.2. The third-order valence-corrected chi connectivity index (χ3v) is 3.59. The third-order valence-electron chi connectivity index (χ3n) is 3.59. The first kappa shape index (κ1) is 15.3. The molecule has 0 N–H and O–H groups in total. The predicted octanol–water partition coefficient (Wildman–Crippen LogP) is 2.89. The zero-order valence-corrected chi connectivity index (χ0v) is 13.2. The zero-order valence-electron chi connectivity index (χ0n) is 13.2. The standard InChI is InChI=1S/C17H19N3O3/c1-3-22-17(21)15-10-16(13-7-5-4-6-8-13)20(18-15)11-14-9-12(2)19-23-14/h4-8,10,14H,3,9,11H2,1-2H3. The van der Waals surface area contributed by atoms with Gasteiger partial charge in [0.25, 0.3) is 0 Å². The monoisotopic (exact) mass is 313 g/mol. The van der Waals surface area contributed by atoms with Crippen molar-refractivity contribution in [2.75, 3.05) is 6.61 Å². The van der Waals surface area contributed by atoms with Crippen molar-refractivity contribution in [3.8, 4) is 11.3 Å². The number of hydrogen-bond donors (Lipinski definition) is 0. The minimum absolute atomic E-state index is 0.0626. The van der Waals surface area contributed by atoms with Crippen molar-refractivity contribution in [1.29, 1.82) is 0 Å². The fourth-order valence-corrected chi connectivity index (χ4v) is 2.56. The lowest BCUT2D eigenvalue weighted by Crippen LogP contribution is -2.18. The molecule has 6 heteroatoms. The maximum absolute atomic E-state index is 12.0. The lowest BCUT2D eigenvalue weighted by atomic mass is 10.1. The number of rotatable bonds is 5. The molecule has 1 aliphatic heterocycles. The van der Waals surface area contributed by atoms with Crippen molar-refractivity contribution in [2.45, 2.75) is 32.9 Å². The van der Waals surface area contributed by atoms with Crippen LogP contribution in [0.15, 0.2) is 41.6 Å². The molecule has 0 radical (unpaired) electrons. The summed E-state index contributed by atoms with van der Waals surface area (Å²) in [7, 11) is 0. The average molecular weight is 313 g/mol. The number of oxime groups is 1. The molecule has 0 saturated carbocycles. The minimum atomic E-state index is -0.414. The Balaban J connectivity index is 1.90. The van der Waals surface area contributed by atoms with Gasteiger partial charge in [0.15, 0.2) is 11.8 Å². The molecule has 1 atom stereocenters. The Bertz CT molecular complexity index is 722. The first-order valence-corrected chi connectivity index (χ1v) is 7.67. The van der Waals surface area contributed by atoms with Gasteiger partial charge in [0.05, 0.1) is 24.6 Å². The molecule has 1 aromatic carbocycles. The molecule has 0 fully saturated rings. The van der Waals surface area contributed by atoms with E-state index in [-0.39, 0.29) is 6.10 Å². The lowest BCUT2D eigenvalue weighted by Gasteiger charge is -2.11. The van der Waals surface area contributed by atoms with Crippen molar-refractivity contribution < 1.29 is 14.4 Å². The fraction of sp³-hybridized carbons (Fsp3) is 0.353. The van der Waals surface area contributed by atoms with Crippen molar-refractivity contribution in [1.82, 2.24) is 9.78 Å². The molecule has 0 saturated heterocycles. The molecular formula is C17H19N3O3. The van der Waals surface area contributed by atoms with Gasteiger partial charge in [-0.25, -0.2) is 4.79 Å². The van der Waals surface area contributed by atoms with Gasteiger partial charge in [-0.05, 0) is 25.5 Å². The van der Waals surface area contributed by atoms with E-state index in [4.69, 9.17) is 9.57 Å². The van der Waals surface area contributed by atoms with Gasteiger partial charge in [0, 0.05) is 6.42 Å². The summed E-state index contributed by atoms with van der Waals surface area (Å²) in [6.07, 6.45) is 0.704. The van der Waals surface area contributed by atoms with Gasteiger partial charge in [-0.2, -0.15) is 5.10 Å². The molecule has 0 aliphatic carbocycles. The molecule has 0 bridgehead atoms. The summed E-state index contributed by atoms with van der Waals surface area (Å²) >= 11 is 0. The number of carbonyl (C=O) groups is 1. The van der Waals surface area contributed by atoms with E-state index in [0.717, 1.165) is 23.4 Å². The van der Waals surface area contributed by atoms with Gasteiger partial charge < -0.3 is 9.57 Å². The first-order valence-electron chi connectivity index (χ1n) is 7.67. The molecule has 1 aromatic heterocycles. The number of esters is 1. The van der Waals surface area contributed by atoms with E-state index in [1.165, 1.54) is 0 Å². The van der Waals surface area contributed by atoms with Crippen molar-refractivity contribution in [3.05, 3.63) is 42.1 Å². The fourth-order valence-electron chi connectivity index (χ4n) is 2.56. The van der Waals surface area contributed by atoms with E-state index in [0.29, 0.717) is 18.8 Å². The normalized spacial score (nSPS) is 16.8. The van der Waals surface area contributed by atoms with E-state index >= 15 is 0 Å². The molecule has 2 heterocycles. The minimum Gasteiger partial charge on any atom is -0.461 e. The number of hydrogen-bond acceptors (Lipinski definition) is 5. The summed E-state index contributed by atoms with van der Waals surface area (Å²) in [5.41, 5.74) is 3.13. The SMILES string of the molecule is CCOC(=O)c1cc(-c2ccccc2)n(CC2CC(C)=NO2)n1. The largest absolute Gasteiger partial charge is 0.461 e.